The maximum atomic E-state index is 5.72. The molecule has 0 bridgehead atoms. The molecule has 2 aromatic carbocycles. The minimum atomic E-state index is 0.482. The SMILES string of the molecule is CN1Cc2c(ccc3c2CCO3)[C@@H](c2ccccc2)C1. The van der Waals surface area contributed by atoms with E-state index < -0.39 is 0 Å². The van der Waals surface area contributed by atoms with E-state index in [-0.39, 0.29) is 0 Å². The number of hydrogen-bond acceptors (Lipinski definition) is 2. The van der Waals surface area contributed by atoms with Crippen molar-refractivity contribution in [3.8, 4) is 5.75 Å². The number of nitrogens with zero attached hydrogens (tertiary/aromatic N) is 1. The van der Waals surface area contributed by atoms with Crippen LogP contribution in [0.2, 0.25) is 0 Å². The highest BCUT2D eigenvalue weighted by Gasteiger charge is 2.29. The lowest BCUT2D eigenvalue weighted by Crippen LogP contribution is -2.31. The van der Waals surface area contributed by atoms with Crippen molar-refractivity contribution < 1.29 is 4.74 Å². The lowest BCUT2D eigenvalue weighted by atomic mass is 9.82. The molecule has 0 N–H and O–H groups in total. The molecule has 0 aromatic heterocycles. The van der Waals surface area contributed by atoms with Gasteiger partial charge in [-0.2, -0.15) is 0 Å². The van der Waals surface area contributed by atoms with Crippen LogP contribution in [0.15, 0.2) is 42.5 Å². The van der Waals surface area contributed by atoms with Crippen LogP contribution in [-0.2, 0) is 13.0 Å². The van der Waals surface area contributed by atoms with Crippen LogP contribution < -0.4 is 4.74 Å². The molecular weight excluding hydrogens is 246 g/mol. The van der Waals surface area contributed by atoms with E-state index in [9.17, 15) is 0 Å². The second-order valence-electron chi connectivity index (χ2n) is 5.87. The van der Waals surface area contributed by atoms with Crippen LogP contribution in [0.4, 0.5) is 0 Å². The molecule has 1 atom stereocenters. The van der Waals surface area contributed by atoms with E-state index in [0.717, 1.165) is 31.9 Å². The number of fused-ring (bicyclic) bond motifs is 3. The molecule has 2 heterocycles. The topological polar surface area (TPSA) is 12.5 Å². The summed E-state index contributed by atoms with van der Waals surface area (Å²) in [5.41, 5.74) is 5.86. The van der Waals surface area contributed by atoms with Gasteiger partial charge in [0.25, 0.3) is 0 Å². The van der Waals surface area contributed by atoms with E-state index >= 15 is 0 Å². The monoisotopic (exact) mass is 265 g/mol. The zero-order valence-corrected chi connectivity index (χ0v) is 11.8. The largest absolute Gasteiger partial charge is 0.493 e. The predicted octanol–water partition coefficient (Wildman–Crippen LogP) is 3.20. The van der Waals surface area contributed by atoms with Gasteiger partial charge in [-0.05, 0) is 29.8 Å². The van der Waals surface area contributed by atoms with Gasteiger partial charge in [0.05, 0.1) is 6.61 Å². The Hall–Kier alpha value is -1.80. The molecule has 0 aliphatic carbocycles. The summed E-state index contributed by atoms with van der Waals surface area (Å²) in [6.07, 6.45) is 1.06. The first-order valence-corrected chi connectivity index (χ1v) is 7.34. The van der Waals surface area contributed by atoms with E-state index in [4.69, 9.17) is 4.74 Å². The molecule has 102 valence electrons. The van der Waals surface area contributed by atoms with Crippen molar-refractivity contribution in [1.29, 1.82) is 0 Å². The Labute approximate surface area is 120 Å². The van der Waals surface area contributed by atoms with Crippen molar-refractivity contribution in [2.45, 2.75) is 18.9 Å². The van der Waals surface area contributed by atoms with E-state index in [1.54, 1.807) is 0 Å². The minimum Gasteiger partial charge on any atom is -0.493 e. The molecule has 2 aliphatic heterocycles. The number of hydrogen-bond donors (Lipinski definition) is 0. The third-order valence-corrected chi connectivity index (χ3v) is 4.53. The highest BCUT2D eigenvalue weighted by Crippen LogP contribution is 2.39. The zero-order chi connectivity index (χ0) is 13.5. The van der Waals surface area contributed by atoms with E-state index in [1.807, 2.05) is 0 Å². The molecule has 0 fully saturated rings. The molecule has 0 saturated carbocycles. The lowest BCUT2D eigenvalue weighted by molar-refractivity contribution is 0.294. The molecule has 4 rings (SSSR count). The van der Waals surface area contributed by atoms with Gasteiger partial charge in [-0.25, -0.2) is 0 Å². The molecule has 0 radical (unpaired) electrons. The van der Waals surface area contributed by atoms with Crippen LogP contribution in [0.5, 0.6) is 5.75 Å². The van der Waals surface area contributed by atoms with Gasteiger partial charge in [0, 0.05) is 31.0 Å². The fourth-order valence-corrected chi connectivity index (χ4v) is 3.59. The maximum absolute atomic E-state index is 5.72. The average Bonchev–Trinajstić information content (AvgIpc) is 2.96. The van der Waals surface area contributed by atoms with Gasteiger partial charge in [-0.15, -0.1) is 0 Å². The average molecular weight is 265 g/mol. The van der Waals surface area contributed by atoms with Crippen LogP contribution in [0.1, 0.15) is 28.2 Å². The van der Waals surface area contributed by atoms with Gasteiger partial charge in [-0.1, -0.05) is 36.4 Å². The predicted molar refractivity (Wildman–Crippen MR) is 80.3 cm³/mol. The number of ether oxygens (including phenoxy) is 1. The van der Waals surface area contributed by atoms with Gasteiger partial charge in [0.15, 0.2) is 0 Å². The molecule has 2 nitrogen and oxygen atoms in total. The standard InChI is InChI=1S/C18H19NO/c1-19-11-16(13-5-3-2-4-6-13)14-7-8-18-15(9-10-20-18)17(14)12-19/h2-8,16H,9-12H2,1H3/t16-/m1/s1. The van der Waals surface area contributed by atoms with Crippen molar-refractivity contribution in [3.63, 3.8) is 0 Å². The summed E-state index contributed by atoms with van der Waals surface area (Å²) >= 11 is 0. The zero-order valence-electron chi connectivity index (χ0n) is 11.8. The smallest absolute Gasteiger partial charge is 0.122 e. The fraction of sp³-hybridized carbons (Fsp3) is 0.333. The summed E-state index contributed by atoms with van der Waals surface area (Å²) < 4.78 is 5.72. The number of rotatable bonds is 1. The fourth-order valence-electron chi connectivity index (χ4n) is 3.59. The van der Waals surface area contributed by atoms with Crippen molar-refractivity contribution in [2.75, 3.05) is 20.2 Å². The summed E-state index contributed by atoms with van der Waals surface area (Å²) in [5.74, 6) is 1.58. The van der Waals surface area contributed by atoms with E-state index in [1.165, 1.54) is 22.3 Å². The molecule has 0 unspecified atom stereocenters. The highest BCUT2D eigenvalue weighted by atomic mass is 16.5. The normalized spacial score (nSPS) is 21.1. The van der Waals surface area contributed by atoms with E-state index in [0.29, 0.717) is 5.92 Å². The Morgan fingerprint density at radius 1 is 1.05 bits per heavy atom. The van der Waals surface area contributed by atoms with Crippen LogP contribution in [-0.4, -0.2) is 25.1 Å². The molecule has 0 spiro atoms. The van der Waals surface area contributed by atoms with Gasteiger partial charge in [0.2, 0.25) is 0 Å². The van der Waals surface area contributed by atoms with Gasteiger partial charge >= 0.3 is 0 Å². The van der Waals surface area contributed by atoms with Crippen LogP contribution in [0.25, 0.3) is 0 Å². The third-order valence-electron chi connectivity index (χ3n) is 4.53. The number of benzene rings is 2. The molecule has 2 aromatic rings. The summed E-state index contributed by atoms with van der Waals surface area (Å²) in [4.78, 5) is 2.43. The quantitative estimate of drug-likeness (QED) is 0.785. The second-order valence-corrected chi connectivity index (χ2v) is 5.87. The van der Waals surface area contributed by atoms with Crippen molar-refractivity contribution in [3.05, 3.63) is 64.7 Å². The first-order chi connectivity index (χ1) is 9.83. The van der Waals surface area contributed by atoms with Crippen LogP contribution in [0.3, 0.4) is 0 Å². The summed E-state index contributed by atoms with van der Waals surface area (Å²) in [6.45, 7) is 2.98. The third kappa shape index (κ3) is 1.83. The molecule has 0 amide bonds. The van der Waals surface area contributed by atoms with Crippen molar-refractivity contribution >= 4 is 0 Å². The van der Waals surface area contributed by atoms with Crippen molar-refractivity contribution in [1.82, 2.24) is 4.90 Å². The first-order valence-electron chi connectivity index (χ1n) is 7.34. The van der Waals surface area contributed by atoms with Crippen molar-refractivity contribution in [2.24, 2.45) is 0 Å². The van der Waals surface area contributed by atoms with Crippen LogP contribution >= 0.6 is 0 Å². The Kier molecular flexibility index (Phi) is 2.78. The Bertz CT molecular complexity index is 635. The molecule has 2 heteroatoms. The molecule has 0 saturated heterocycles. The summed E-state index contributed by atoms with van der Waals surface area (Å²) in [5, 5.41) is 0. The summed E-state index contributed by atoms with van der Waals surface area (Å²) in [6, 6.07) is 15.3. The first kappa shape index (κ1) is 12.0. The molecule has 2 aliphatic rings. The lowest BCUT2D eigenvalue weighted by Gasteiger charge is -2.33. The Morgan fingerprint density at radius 3 is 2.75 bits per heavy atom. The summed E-state index contributed by atoms with van der Waals surface area (Å²) in [7, 11) is 2.22. The van der Waals surface area contributed by atoms with Gasteiger partial charge in [-0.3, -0.25) is 0 Å². The maximum Gasteiger partial charge on any atom is 0.122 e. The van der Waals surface area contributed by atoms with Gasteiger partial charge < -0.3 is 9.64 Å². The Balaban J connectivity index is 1.86. The Morgan fingerprint density at radius 2 is 1.90 bits per heavy atom. The number of likely N-dealkylation sites (N-methyl/N-ethyl adjacent to an activating group) is 1. The second kappa shape index (κ2) is 4.64. The molecular formula is C18H19NO. The molecule has 20 heavy (non-hydrogen) atoms. The van der Waals surface area contributed by atoms with Crippen LogP contribution in [0, 0.1) is 0 Å². The van der Waals surface area contributed by atoms with Gasteiger partial charge in [0.1, 0.15) is 5.75 Å². The highest BCUT2D eigenvalue weighted by molar-refractivity contribution is 5.51. The van der Waals surface area contributed by atoms with E-state index in [2.05, 4.69) is 54.4 Å². The minimum absolute atomic E-state index is 0.482.